The van der Waals surface area contributed by atoms with E-state index >= 15 is 0 Å². The Morgan fingerprint density at radius 3 is 2.75 bits per heavy atom. The number of H-pyrrole nitrogens is 1. The van der Waals surface area contributed by atoms with Gasteiger partial charge >= 0.3 is 6.18 Å². The molecule has 2 heterocycles. The second kappa shape index (κ2) is 6.06. The van der Waals surface area contributed by atoms with E-state index in [0.717, 1.165) is 0 Å². The number of aromatic amines is 1. The van der Waals surface area contributed by atoms with Gasteiger partial charge in [0, 0.05) is 23.7 Å². The zero-order chi connectivity index (χ0) is 17.5. The second-order valence-electron chi connectivity index (χ2n) is 7.38. The highest BCUT2D eigenvalue weighted by molar-refractivity contribution is 5.84. The van der Waals surface area contributed by atoms with Gasteiger partial charge in [0.2, 0.25) is 5.91 Å². The van der Waals surface area contributed by atoms with Crippen LogP contribution in [-0.4, -0.2) is 41.5 Å². The summed E-state index contributed by atoms with van der Waals surface area (Å²) in [6.45, 7) is 4.71. The number of nitrogens with zero attached hydrogens (tertiary/aromatic N) is 1. The van der Waals surface area contributed by atoms with Crippen molar-refractivity contribution >= 4 is 5.91 Å². The first-order valence-corrected chi connectivity index (χ1v) is 8.19. The summed E-state index contributed by atoms with van der Waals surface area (Å²) < 4.78 is 45.2. The monoisotopic (exact) mass is 345 g/mol. The maximum absolute atomic E-state index is 13.3. The normalized spacial score (nSPS) is 25.9. The predicted molar refractivity (Wildman–Crippen MR) is 80.3 cm³/mol. The summed E-state index contributed by atoms with van der Waals surface area (Å²) in [4.78, 5) is 12.7. The Kier molecular flexibility index (Phi) is 4.36. The number of aromatic nitrogens is 2. The van der Waals surface area contributed by atoms with Gasteiger partial charge in [0.15, 0.2) is 0 Å². The van der Waals surface area contributed by atoms with Gasteiger partial charge in [-0.1, -0.05) is 13.8 Å². The zero-order valence-corrected chi connectivity index (χ0v) is 13.7. The Hall–Kier alpha value is -1.57. The van der Waals surface area contributed by atoms with Crippen LogP contribution in [0.25, 0.3) is 0 Å². The minimum absolute atomic E-state index is 0.152. The molecule has 2 aliphatic rings. The number of carbonyl (C=O) groups excluding carboxylic acids is 1. The first kappa shape index (κ1) is 17.3. The van der Waals surface area contributed by atoms with Gasteiger partial charge in [-0.25, -0.2) is 0 Å². The summed E-state index contributed by atoms with van der Waals surface area (Å²) in [6, 6.07) is -0.554. The largest absolute Gasteiger partial charge is 0.395 e. The molecule has 3 rings (SSSR count). The van der Waals surface area contributed by atoms with Crippen LogP contribution in [0.3, 0.4) is 0 Å². The van der Waals surface area contributed by atoms with Crippen molar-refractivity contribution < 1.29 is 22.7 Å². The highest BCUT2D eigenvalue weighted by Gasteiger charge is 2.49. The standard InChI is InChI=1S/C16H22F3N3O2/c1-9(2)5-15(7-24-8-15)14(23)21-10-3-12(16(17,18)19)11-6-20-22-13(11)4-10/h6,9-10,12H,3-5,7-8H2,1-2H3,(H,20,22)(H,21,23). The third-order valence-corrected chi connectivity index (χ3v) is 4.87. The Morgan fingerprint density at radius 2 is 2.21 bits per heavy atom. The zero-order valence-electron chi connectivity index (χ0n) is 13.7. The first-order chi connectivity index (χ1) is 11.2. The van der Waals surface area contributed by atoms with Crippen molar-refractivity contribution in [2.75, 3.05) is 13.2 Å². The lowest BCUT2D eigenvalue weighted by atomic mass is 9.76. The molecular formula is C16H22F3N3O2. The summed E-state index contributed by atoms with van der Waals surface area (Å²) in [7, 11) is 0. The van der Waals surface area contributed by atoms with E-state index in [-0.39, 0.29) is 17.9 Å². The maximum Gasteiger partial charge on any atom is 0.395 e. The molecular weight excluding hydrogens is 323 g/mol. The fraction of sp³-hybridized carbons (Fsp3) is 0.750. The van der Waals surface area contributed by atoms with E-state index < -0.39 is 23.6 Å². The lowest BCUT2D eigenvalue weighted by molar-refractivity contribution is -0.168. The number of halogens is 3. The molecule has 134 valence electrons. The summed E-state index contributed by atoms with van der Waals surface area (Å²) >= 11 is 0. The molecule has 0 aromatic carbocycles. The third-order valence-electron chi connectivity index (χ3n) is 4.87. The maximum atomic E-state index is 13.3. The first-order valence-electron chi connectivity index (χ1n) is 8.19. The SMILES string of the molecule is CC(C)CC1(C(=O)NC2Cc3[nH]ncc3C(C(F)(F)F)C2)COC1. The molecule has 0 spiro atoms. The summed E-state index contributed by atoms with van der Waals surface area (Å²) in [6.07, 6.45) is -2.25. The van der Waals surface area contributed by atoms with Crippen LogP contribution < -0.4 is 5.32 Å². The second-order valence-corrected chi connectivity index (χ2v) is 7.38. The number of amides is 1. The molecule has 1 fully saturated rings. The molecule has 2 N–H and O–H groups in total. The minimum Gasteiger partial charge on any atom is -0.379 e. The minimum atomic E-state index is -4.35. The van der Waals surface area contributed by atoms with E-state index in [1.165, 1.54) is 6.20 Å². The van der Waals surface area contributed by atoms with Gasteiger partial charge in [-0.2, -0.15) is 18.3 Å². The molecule has 1 aliphatic carbocycles. The predicted octanol–water partition coefficient (Wildman–Crippen LogP) is 2.55. The smallest absolute Gasteiger partial charge is 0.379 e. The van der Waals surface area contributed by atoms with Crippen molar-refractivity contribution in [3.63, 3.8) is 0 Å². The summed E-state index contributed by atoms with van der Waals surface area (Å²) in [5.41, 5.74) is 0.0457. The van der Waals surface area contributed by atoms with Crippen LogP contribution in [0.2, 0.25) is 0 Å². The van der Waals surface area contributed by atoms with Crippen LogP contribution in [0.15, 0.2) is 6.20 Å². The van der Waals surface area contributed by atoms with Crippen molar-refractivity contribution in [1.29, 1.82) is 0 Å². The van der Waals surface area contributed by atoms with Crippen molar-refractivity contribution in [2.45, 2.75) is 51.2 Å². The van der Waals surface area contributed by atoms with Gasteiger partial charge in [0.1, 0.15) is 0 Å². The van der Waals surface area contributed by atoms with E-state index in [9.17, 15) is 18.0 Å². The highest BCUT2D eigenvalue weighted by atomic mass is 19.4. The molecule has 2 unspecified atom stereocenters. The van der Waals surface area contributed by atoms with Gasteiger partial charge in [-0.3, -0.25) is 9.89 Å². The topological polar surface area (TPSA) is 67.0 Å². The lowest BCUT2D eigenvalue weighted by Crippen LogP contribution is -2.57. The van der Waals surface area contributed by atoms with Crippen LogP contribution in [-0.2, 0) is 16.0 Å². The average Bonchev–Trinajstić information content (AvgIpc) is 2.88. The highest BCUT2D eigenvalue weighted by Crippen LogP contribution is 2.43. The van der Waals surface area contributed by atoms with Crippen LogP contribution >= 0.6 is 0 Å². The molecule has 1 aliphatic heterocycles. The van der Waals surface area contributed by atoms with E-state index in [0.29, 0.717) is 37.7 Å². The molecule has 0 saturated carbocycles. The number of rotatable bonds is 4. The van der Waals surface area contributed by atoms with E-state index in [1.54, 1.807) is 0 Å². The molecule has 1 aromatic heterocycles. The Balaban J connectivity index is 1.73. The molecule has 1 saturated heterocycles. The van der Waals surface area contributed by atoms with Crippen LogP contribution in [0, 0.1) is 11.3 Å². The van der Waals surface area contributed by atoms with Crippen molar-refractivity contribution in [1.82, 2.24) is 15.5 Å². The molecule has 1 amide bonds. The summed E-state index contributed by atoms with van der Waals surface area (Å²) in [5.74, 6) is -1.48. The van der Waals surface area contributed by atoms with Crippen molar-refractivity contribution in [2.24, 2.45) is 11.3 Å². The fourth-order valence-electron chi connectivity index (χ4n) is 3.76. The molecule has 5 nitrogen and oxygen atoms in total. The number of ether oxygens (including phenoxy) is 1. The fourth-order valence-corrected chi connectivity index (χ4v) is 3.76. The van der Waals surface area contributed by atoms with Crippen molar-refractivity contribution in [3.8, 4) is 0 Å². The van der Waals surface area contributed by atoms with Crippen LogP contribution in [0.1, 0.15) is 43.9 Å². The van der Waals surface area contributed by atoms with Gasteiger partial charge in [0.25, 0.3) is 0 Å². The quantitative estimate of drug-likeness (QED) is 0.881. The molecule has 24 heavy (non-hydrogen) atoms. The molecule has 0 radical (unpaired) electrons. The number of carbonyl (C=O) groups is 1. The number of nitrogens with one attached hydrogen (secondary N) is 2. The van der Waals surface area contributed by atoms with Gasteiger partial charge < -0.3 is 10.1 Å². The number of fused-ring (bicyclic) bond motifs is 1. The molecule has 2 atom stereocenters. The lowest BCUT2D eigenvalue weighted by Gasteiger charge is -2.42. The third kappa shape index (κ3) is 3.16. The van der Waals surface area contributed by atoms with E-state index in [2.05, 4.69) is 15.5 Å². The Labute approximate surface area is 138 Å². The van der Waals surface area contributed by atoms with E-state index in [1.807, 2.05) is 13.8 Å². The van der Waals surface area contributed by atoms with Gasteiger partial charge in [-0.05, 0) is 18.8 Å². The number of alkyl halides is 3. The van der Waals surface area contributed by atoms with E-state index in [4.69, 9.17) is 4.74 Å². The van der Waals surface area contributed by atoms with Crippen molar-refractivity contribution in [3.05, 3.63) is 17.5 Å². The number of hydrogen-bond donors (Lipinski definition) is 2. The van der Waals surface area contributed by atoms with Crippen LogP contribution in [0.5, 0.6) is 0 Å². The molecule has 8 heteroatoms. The van der Waals surface area contributed by atoms with Gasteiger partial charge in [-0.15, -0.1) is 0 Å². The Morgan fingerprint density at radius 1 is 1.50 bits per heavy atom. The Bertz CT molecular complexity index is 608. The number of hydrogen-bond acceptors (Lipinski definition) is 3. The van der Waals surface area contributed by atoms with Crippen LogP contribution in [0.4, 0.5) is 13.2 Å². The average molecular weight is 345 g/mol. The molecule has 1 aromatic rings. The molecule has 0 bridgehead atoms. The summed E-state index contributed by atoms with van der Waals surface area (Å²) in [5, 5.41) is 9.21. The van der Waals surface area contributed by atoms with Gasteiger partial charge in [0.05, 0.1) is 30.7 Å².